The van der Waals surface area contributed by atoms with Gasteiger partial charge in [0.25, 0.3) is 0 Å². The molecule has 64 valence electrons. The number of aromatic nitrogens is 1. The van der Waals surface area contributed by atoms with Crippen molar-refractivity contribution in [3.05, 3.63) is 22.3 Å². The maximum absolute atomic E-state index is 11.0. The number of hydrogen-bond acceptors (Lipinski definition) is 3. The highest BCUT2D eigenvalue weighted by Gasteiger charge is 2.08. The maximum Gasteiger partial charge on any atom is 0.224 e. The molecule has 12 heavy (non-hydrogen) atoms. The SMILES string of the molecule is COc1ncc(Br)cc1C(C)=O. The normalized spacial score (nSPS) is 9.58. The van der Waals surface area contributed by atoms with Gasteiger partial charge in [-0.1, -0.05) is 0 Å². The van der Waals surface area contributed by atoms with Crippen LogP contribution in [0.2, 0.25) is 0 Å². The van der Waals surface area contributed by atoms with Crippen LogP contribution in [-0.4, -0.2) is 17.9 Å². The summed E-state index contributed by atoms with van der Waals surface area (Å²) in [6.45, 7) is 1.48. The molecule has 0 aromatic carbocycles. The van der Waals surface area contributed by atoms with Crippen molar-refractivity contribution < 1.29 is 9.53 Å². The Balaban J connectivity index is 3.21. The van der Waals surface area contributed by atoms with Crippen LogP contribution in [0.4, 0.5) is 0 Å². The molecular weight excluding hydrogens is 222 g/mol. The number of pyridine rings is 1. The van der Waals surface area contributed by atoms with Gasteiger partial charge < -0.3 is 4.74 Å². The minimum atomic E-state index is -0.0550. The van der Waals surface area contributed by atoms with Crippen LogP contribution in [0.15, 0.2) is 16.7 Å². The predicted molar refractivity (Wildman–Crippen MR) is 48.5 cm³/mol. The summed E-state index contributed by atoms with van der Waals surface area (Å²) in [6, 6.07) is 1.69. The maximum atomic E-state index is 11.0. The summed E-state index contributed by atoms with van der Waals surface area (Å²) in [7, 11) is 1.49. The molecule has 0 radical (unpaired) electrons. The highest BCUT2D eigenvalue weighted by atomic mass is 79.9. The fourth-order valence-corrected chi connectivity index (χ4v) is 1.17. The number of Topliss-reactive ketones (excluding diaryl/α,β-unsaturated/α-hetero) is 1. The molecule has 3 nitrogen and oxygen atoms in total. The molecule has 0 saturated carbocycles. The summed E-state index contributed by atoms with van der Waals surface area (Å²) in [6.07, 6.45) is 1.59. The number of ether oxygens (including phenoxy) is 1. The van der Waals surface area contributed by atoms with E-state index in [9.17, 15) is 4.79 Å². The van der Waals surface area contributed by atoms with Gasteiger partial charge in [-0.25, -0.2) is 4.98 Å². The van der Waals surface area contributed by atoms with Crippen molar-refractivity contribution >= 4 is 21.7 Å². The van der Waals surface area contributed by atoms with Crippen molar-refractivity contribution in [2.24, 2.45) is 0 Å². The number of hydrogen-bond donors (Lipinski definition) is 0. The van der Waals surface area contributed by atoms with Crippen LogP contribution in [0.3, 0.4) is 0 Å². The third-order valence-corrected chi connectivity index (χ3v) is 1.82. The smallest absolute Gasteiger partial charge is 0.224 e. The quantitative estimate of drug-likeness (QED) is 0.730. The monoisotopic (exact) mass is 229 g/mol. The van der Waals surface area contributed by atoms with Crippen molar-refractivity contribution in [2.45, 2.75) is 6.92 Å². The number of carbonyl (C=O) groups is 1. The molecule has 4 heteroatoms. The Morgan fingerprint density at radius 2 is 2.33 bits per heavy atom. The Kier molecular flexibility index (Phi) is 2.81. The molecule has 0 spiro atoms. The Labute approximate surface area is 78.9 Å². The summed E-state index contributed by atoms with van der Waals surface area (Å²) >= 11 is 3.22. The zero-order chi connectivity index (χ0) is 9.14. The van der Waals surface area contributed by atoms with Gasteiger partial charge in [0.05, 0.1) is 12.7 Å². The lowest BCUT2D eigenvalue weighted by atomic mass is 10.2. The van der Waals surface area contributed by atoms with E-state index in [0.29, 0.717) is 11.4 Å². The van der Waals surface area contributed by atoms with E-state index >= 15 is 0 Å². The van der Waals surface area contributed by atoms with Crippen LogP contribution in [0.5, 0.6) is 5.88 Å². The summed E-state index contributed by atoms with van der Waals surface area (Å²) in [5, 5.41) is 0. The molecule has 0 atom stereocenters. The number of rotatable bonds is 2. The second-order valence-electron chi connectivity index (χ2n) is 2.27. The first-order valence-corrected chi connectivity index (χ1v) is 4.15. The second kappa shape index (κ2) is 3.67. The first kappa shape index (κ1) is 9.19. The van der Waals surface area contributed by atoms with Gasteiger partial charge in [-0.05, 0) is 28.9 Å². The van der Waals surface area contributed by atoms with Crippen molar-refractivity contribution in [3.63, 3.8) is 0 Å². The first-order chi connectivity index (χ1) is 5.65. The first-order valence-electron chi connectivity index (χ1n) is 3.35. The van der Waals surface area contributed by atoms with Crippen LogP contribution in [0.25, 0.3) is 0 Å². The average molecular weight is 230 g/mol. The minimum Gasteiger partial charge on any atom is -0.480 e. The molecule has 0 fully saturated rings. The van der Waals surface area contributed by atoms with E-state index in [2.05, 4.69) is 20.9 Å². The van der Waals surface area contributed by atoms with Gasteiger partial charge in [-0.15, -0.1) is 0 Å². The number of nitrogens with zero attached hydrogens (tertiary/aromatic N) is 1. The molecule has 1 aromatic rings. The molecule has 0 N–H and O–H groups in total. The highest BCUT2D eigenvalue weighted by Crippen LogP contribution is 2.19. The molecule has 1 heterocycles. The lowest BCUT2D eigenvalue weighted by Gasteiger charge is -2.03. The molecule has 0 unspecified atom stereocenters. The van der Waals surface area contributed by atoms with Gasteiger partial charge in [-0.3, -0.25) is 4.79 Å². The van der Waals surface area contributed by atoms with Crippen molar-refractivity contribution in [2.75, 3.05) is 7.11 Å². The topological polar surface area (TPSA) is 39.2 Å². The van der Waals surface area contributed by atoms with Crippen LogP contribution >= 0.6 is 15.9 Å². The Morgan fingerprint density at radius 1 is 1.67 bits per heavy atom. The zero-order valence-corrected chi connectivity index (χ0v) is 8.38. The molecule has 0 aliphatic carbocycles. The second-order valence-corrected chi connectivity index (χ2v) is 3.18. The summed E-state index contributed by atoms with van der Waals surface area (Å²) in [5.74, 6) is 0.311. The molecule has 0 aliphatic rings. The van der Waals surface area contributed by atoms with E-state index in [1.54, 1.807) is 12.3 Å². The van der Waals surface area contributed by atoms with Crippen molar-refractivity contribution in [1.29, 1.82) is 0 Å². The van der Waals surface area contributed by atoms with Crippen LogP contribution in [0.1, 0.15) is 17.3 Å². The predicted octanol–water partition coefficient (Wildman–Crippen LogP) is 2.06. The van der Waals surface area contributed by atoms with Crippen LogP contribution in [-0.2, 0) is 0 Å². The number of methoxy groups -OCH3 is 1. The van der Waals surface area contributed by atoms with E-state index < -0.39 is 0 Å². The van der Waals surface area contributed by atoms with Gasteiger partial charge in [-0.2, -0.15) is 0 Å². The lowest BCUT2D eigenvalue weighted by molar-refractivity contribution is 0.101. The Bertz CT molecular complexity index is 312. The van der Waals surface area contributed by atoms with E-state index in [1.165, 1.54) is 14.0 Å². The zero-order valence-electron chi connectivity index (χ0n) is 6.80. The minimum absolute atomic E-state index is 0.0550. The molecule has 1 rings (SSSR count). The molecule has 0 aliphatic heterocycles. The molecule has 0 saturated heterocycles. The van der Waals surface area contributed by atoms with Gasteiger partial charge in [0.1, 0.15) is 0 Å². The molecule has 0 bridgehead atoms. The highest BCUT2D eigenvalue weighted by molar-refractivity contribution is 9.10. The van der Waals surface area contributed by atoms with Gasteiger partial charge in [0, 0.05) is 10.7 Å². The van der Waals surface area contributed by atoms with E-state index in [4.69, 9.17) is 4.74 Å². The number of halogens is 1. The third-order valence-electron chi connectivity index (χ3n) is 1.39. The van der Waals surface area contributed by atoms with E-state index in [-0.39, 0.29) is 5.78 Å². The number of carbonyl (C=O) groups excluding carboxylic acids is 1. The van der Waals surface area contributed by atoms with Crippen LogP contribution < -0.4 is 4.74 Å². The average Bonchev–Trinajstić information content (AvgIpc) is 2.04. The van der Waals surface area contributed by atoms with Gasteiger partial charge in [0.2, 0.25) is 5.88 Å². The fourth-order valence-electron chi connectivity index (χ4n) is 0.842. The largest absolute Gasteiger partial charge is 0.480 e. The fraction of sp³-hybridized carbons (Fsp3) is 0.250. The van der Waals surface area contributed by atoms with Gasteiger partial charge in [0.15, 0.2) is 5.78 Å². The van der Waals surface area contributed by atoms with Gasteiger partial charge >= 0.3 is 0 Å². The van der Waals surface area contributed by atoms with Crippen molar-refractivity contribution in [1.82, 2.24) is 4.98 Å². The summed E-state index contributed by atoms with van der Waals surface area (Å²) < 4.78 is 5.68. The molecule has 0 amide bonds. The Hall–Kier alpha value is -0.900. The third kappa shape index (κ3) is 1.82. The standard InChI is InChI=1S/C8H8BrNO2/c1-5(11)7-3-6(9)4-10-8(7)12-2/h3-4H,1-2H3. The lowest BCUT2D eigenvalue weighted by Crippen LogP contribution is -1.99. The molecular formula is C8H8BrNO2. The summed E-state index contributed by atoms with van der Waals surface area (Å²) in [4.78, 5) is 15.0. The van der Waals surface area contributed by atoms with Crippen LogP contribution in [0, 0.1) is 0 Å². The molecule has 1 aromatic heterocycles. The summed E-state index contributed by atoms with van der Waals surface area (Å²) in [5.41, 5.74) is 0.492. The number of ketones is 1. The van der Waals surface area contributed by atoms with Crippen molar-refractivity contribution in [3.8, 4) is 5.88 Å². The Morgan fingerprint density at radius 3 is 2.83 bits per heavy atom. The van der Waals surface area contributed by atoms with E-state index in [0.717, 1.165) is 4.47 Å². The van der Waals surface area contributed by atoms with E-state index in [1.807, 2.05) is 0 Å².